The molecule has 3 heteroatoms. The lowest BCUT2D eigenvalue weighted by Gasteiger charge is -2.43. The smallest absolute Gasteiger partial charge is 0.112 e. The average molecular weight is 306 g/mol. The molecule has 0 aliphatic heterocycles. The van der Waals surface area contributed by atoms with E-state index in [0.29, 0.717) is 0 Å². The van der Waals surface area contributed by atoms with Crippen molar-refractivity contribution in [2.45, 2.75) is 52.6 Å². The quantitative estimate of drug-likeness (QED) is 0.650. The zero-order chi connectivity index (χ0) is 15.6. The van der Waals surface area contributed by atoms with E-state index in [2.05, 4.69) is 81.3 Å². The second-order valence-corrected chi connectivity index (χ2v) is 17.9. The molecule has 0 N–H and O–H groups in total. The monoisotopic (exact) mass is 305 g/mol. The summed E-state index contributed by atoms with van der Waals surface area (Å²) in [6.45, 7) is 22.1. The normalized spacial score (nSPS) is 12.8. The maximum absolute atomic E-state index is 4.04. The Morgan fingerprint density at radius 3 is 2.05 bits per heavy atom. The molecule has 0 aliphatic carbocycles. The van der Waals surface area contributed by atoms with Gasteiger partial charge in [-0.15, -0.1) is 0 Å². The second kappa shape index (κ2) is 6.41. The maximum atomic E-state index is 4.04. The predicted molar refractivity (Wildman–Crippen MR) is 98.3 cm³/mol. The van der Waals surface area contributed by atoms with E-state index < -0.39 is 16.5 Å². The Balaban J connectivity index is 2.83. The predicted octanol–water partition coefficient (Wildman–Crippen LogP) is 5.23. The van der Waals surface area contributed by atoms with Crippen molar-refractivity contribution in [1.82, 2.24) is 4.23 Å². The van der Waals surface area contributed by atoms with Crippen LogP contribution in [0.4, 0.5) is 0 Å². The second-order valence-electron chi connectivity index (χ2n) is 7.72. The van der Waals surface area contributed by atoms with Gasteiger partial charge in [0.2, 0.25) is 0 Å². The average Bonchev–Trinajstić information content (AvgIpc) is 2.25. The van der Waals surface area contributed by atoms with Crippen molar-refractivity contribution in [1.29, 1.82) is 0 Å². The van der Waals surface area contributed by atoms with Crippen LogP contribution in [0, 0.1) is 0 Å². The highest BCUT2D eigenvalue weighted by Crippen LogP contribution is 2.21. The Morgan fingerprint density at radius 2 is 1.60 bits per heavy atom. The highest BCUT2D eigenvalue weighted by molar-refractivity contribution is 6.89. The zero-order valence-electron chi connectivity index (χ0n) is 14.4. The SMILES string of the molecule is C=C(C)c1cccc(CCN([Si](C)(C)C)[Si](C)(C)C)c1. The van der Waals surface area contributed by atoms with E-state index in [0.717, 1.165) is 12.0 Å². The molecule has 0 bridgehead atoms. The minimum atomic E-state index is -1.23. The van der Waals surface area contributed by atoms with E-state index in [1.807, 2.05) is 0 Å². The van der Waals surface area contributed by atoms with E-state index in [-0.39, 0.29) is 0 Å². The first-order valence-electron chi connectivity index (χ1n) is 7.54. The largest absolute Gasteiger partial charge is 0.345 e. The lowest BCUT2D eigenvalue weighted by atomic mass is 10.0. The van der Waals surface area contributed by atoms with Gasteiger partial charge >= 0.3 is 0 Å². The fourth-order valence-electron chi connectivity index (χ4n) is 2.91. The Morgan fingerprint density at radius 1 is 1.05 bits per heavy atom. The van der Waals surface area contributed by atoms with E-state index >= 15 is 0 Å². The van der Waals surface area contributed by atoms with Crippen molar-refractivity contribution in [2.24, 2.45) is 0 Å². The van der Waals surface area contributed by atoms with E-state index in [1.54, 1.807) is 0 Å². The maximum Gasteiger partial charge on any atom is 0.112 e. The van der Waals surface area contributed by atoms with E-state index in [9.17, 15) is 0 Å². The molecule has 0 aliphatic rings. The third-order valence-electron chi connectivity index (χ3n) is 3.66. The molecule has 1 rings (SSSR count). The van der Waals surface area contributed by atoms with Gasteiger partial charge in [0.15, 0.2) is 0 Å². The molecule has 0 aromatic heterocycles. The van der Waals surface area contributed by atoms with Gasteiger partial charge in [-0.2, -0.15) is 0 Å². The van der Waals surface area contributed by atoms with Crippen molar-refractivity contribution < 1.29 is 0 Å². The van der Waals surface area contributed by atoms with Gasteiger partial charge in [0.05, 0.1) is 0 Å². The Labute approximate surface area is 127 Å². The Kier molecular flexibility index (Phi) is 5.58. The Bertz CT molecular complexity index is 453. The van der Waals surface area contributed by atoms with Gasteiger partial charge in [0.1, 0.15) is 16.5 Å². The first-order valence-corrected chi connectivity index (χ1v) is 14.4. The highest BCUT2D eigenvalue weighted by Gasteiger charge is 2.33. The molecule has 112 valence electrons. The summed E-state index contributed by atoms with van der Waals surface area (Å²) >= 11 is 0. The molecule has 0 unspecified atom stereocenters. The molecule has 1 aromatic rings. The molecule has 0 heterocycles. The Hall–Kier alpha value is -0.646. The first-order chi connectivity index (χ1) is 9.01. The van der Waals surface area contributed by atoms with Crippen molar-refractivity contribution in [2.75, 3.05) is 6.54 Å². The molecule has 1 aromatic carbocycles. The van der Waals surface area contributed by atoms with Crippen molar-refractivity contribution in [3.05, 3.63) is 42.0 Å². The molecule has 0 amide bonds. The van der Waals surface area contributed by atoms with Gasteiger partial charge in [-0.25, -0.2) is 0 Å². The van der Waals surface area contributed by atoms with Gasteiger partial charge in [-0.3, -0.25) is 0 Å². The number of benzene rings is 1. The van der Waals surface area contributed by atoms with Crippen LogP contribution in [0.1, 0.15) is 18.1 Å². The third-order valence-corrected chi connectivity index (χ3v) is 11.4. The molecular weight excluding hydrogens is 274 g/mol. The zero-order valence-corrected chi connectivity index (χ0v) is 16.4. The van der Waals surface area contributed by atoms with Gasteiger partial charge in [0, 0.05) is 0 Å². The summed E-state index contributed by atoms with van der Waals surface area (Å²) in [7, 11) is -2.47. The summed E-state index contributed by atoms with van der Waals surface area (Å²) in [5.41, 5.74) is 3.86. The fourth-order valence-corrected chi connectivity index (χ4v) is 12.5. The summed E-state index contributed by atoms with van der Waals surface area (Å²) in [4.78, 5) is 0. The van der Waals surface area contributed by atoms with Crippen LogP contribution in [-0.4, -0.2) is 27.2 Å². The standard InChI is InChI=1S/C17H31NSi2/c1-15(2)17-11-9-10-16(14-17)12-13-18(19(3,4)5)20(6,7)8/h9-11,14H,1,12-13H2,2-8H3. The van der Waals surface area contributed by atoms with Gasteiger partial charge in [0.25, 0.3) is 0 Å². The summed E-state index contributed by atoms with van der Waals surface area (Å²) in [5, 5.41) is 0. The number of hydrogen-bond donors (Lipinski definition) is 0. The van der Waals surface area contributed by atoms with Crippen molar-refractivity contribution >= 4 is 22.0 Å². The minimum Gasteiger partial charge on any atom is -0.345 e. The number of rotatable bonds is 6. The topological polar surface area (TPSA) is 3.24 Å². The molecule has 0 radical (unpaired) electrons. The van der Waals surface area contributed by atoms with Crippen LogP contribution in [0.15, 0.2) is 30.8 Å². The molecule has 1 nitrogen and oxygen atoms in total. The van der Waals surface area contributed by atoms with Gasteiger partial charge in [-0.05, 0) is 31.0 Å². The highest BCUT2D eigenvalue weighted by atomic mass is 28.4. The van der Waals surface area contributed by atoms with Gasteiger partial charge in [-0.1, -0.05) is 75.7 Å². The molecular formula is C17H31NSi2. The number of allylic oxidation sites excluding steroid dienone is 1. The fraction of sp³-hybridized carbons (Fsp3) is 0.529. The van der Waals surface area contributed by atoms with Crippen LogP contribution in [0.3, 0.4) is 0 Å². The lowest BCUT2D eigenvalue weighted by molar-refractivity contribution is 0.612. The van der Waals surface area contributed by atoms with E-state index in [4.69, 9.17) is 0 Å². The van der Waals surface area contributed by atoms with Crippen LogP contribution in [-0.2, 0) is 6.42 Å². The molecule has 0 fully saturated rings. The summed E-state index contributed by atoms with van der Waals surface area (Å²) in [6, 6.07) is 8.86. The number of nitrogens with zero attached hydrogens (tertiary/aromatic N) is 1. The molecule has 0 saturated carbocycles. The lowest BCUT2D eigenvalue weighted by Crippen LogP contribution is -2.59. The molecule has 20 heavy (non-hydrogen) atoms. The van der Waals surface area contributed by atoms with Crippen LogP contribution < -0.4 is 0 Å². The van der Waals surface area contributed by atoms with Crippen molar-refractivity contribution in [3.8, 4) is 0 Å². The van der Waals surface area contributed by atoms with E-state index in [1.165, 1.54) is 17.7 Å². The molecule has 0 atom stereocenters. The summed E-state index contributed by atoms with van der Waals surface area (Å²) < 4.78 is 2.85. The van der Waals surface area contributed by atoms with Crippen LogP contribution in [0.2, 0.25) is 39.3 Å². The van der Waals surface area contributed by atoms with Crippen LogP contribution in [0.5, 0.6) is 0 Å². The molecule has 0 saturated heterocycles. The van der Waals surface area contributed by atoms with Crippen LogP contribution in [0.25, 0.3) is 5.57 Å². The third kappa shape index (κ3) is 5.04. The molecule has 0 spiro atoms. The number of hydrogen-bond acceptors (Lipinski definition) is 1. The first kappa shape index (κ1) is 17.4. The summed E-state index contributed by atoms with van der Waals surface area (Å²) in [5.74, 6) is 0. The van der Waals surface area contributed by atoms with Crippen LogP contribution >= 0.6 is 0 Å². The minimum absolute atomic E-state index is 1.15. The summed E-state index contributed by atoms with van der Waals surface area (Å²) in [6.07, 6.45) is 1.15. The van der Waals surface area contributed by atoms with Crippen molar-refractivity contribution in [3.63, 3.8) is 0 Å². The van der Waals surface area contributed by atoms with Gasteiger partial charge < -0.3 is 4.23 Å².